The van der Waals surface area contributed by atoms with E-state index in [1.54, 1.807) is 11.8 Å². The monoisotopic (exact) mass is 1070 g/mol. The van der Waals surface area contributed by atoms with Gasteiger partial charge in [-0.2, -0.15) is 10.2 Å². The van der Waals surface area contributed by atoms with Crippen LogP contribution in [0.2, 0.25) is 0 Å². The van der Waals surface area contributed by atoms with Crippen LogP contribution in [0.3, 0.4) is 0 Å². The maximum atomic E-state index is 12.5. The number of aldehydes is 1. The maximum absolute atomic E-state index is 12.5. The molecule has 3 saturated carbocycles. The average Bonchev–Trinajstić information content (AvgIpc) is 4.05. The number of hydrogen-bond donors (Lipinski definition) is 5. The highest BCUT2D eigenvalue weighted by atomic mass is 79.9. The number of fused-ring (bicyclic) bond motifs is 2. The van der Waals surface area contributed by atoms with Crippen LogP contribution in [0.5, 0.6) is 0 Å². The molecule has 21 heteroatoms. The van der Waals surface area contributed by atoms with Crippen LogP contribution in [0.1, 0.15) is 141 Å². The third-order valence-electron chi connectivity index (χ3n) is 12.3. The number of carboxylic acids is 1. The Hall–Kier alpha value is -5.48. The van der Waals surface area contributed by atoms with E-state index < -0.39 is 11.6 Å². The van der Waals surface area contributed by atoms with Crippen molar-refractivity contribution in [1.82, 2.24) is 55.0 Å². The highest BCUT2D eigenvalue weighted by Crippen LogP contribution is 2.41. The molecule has 5 aromatic rings. The van der Waals surface area contributed by atoms with Gasteiger partial charge in [0.25, 0.3) is 5.97 Å². The molecule has 3 fully saturated rings. The number of methoxy groups -OCH3 is 1. The van der Waals surface area contributed by atoms with Crippen molar-refractivity contribution in [2.24, 2.45) is 19.8 Å². The molecule has 20 nitrogen and oxygen atoms in total. The van der Waals surface area contributed by atoms with Crippen LogP contribution in [0.25, 0.3) is 33.4 Å². The number of aliphatic carboxylic acids is 1. The lowest BCUT2D eigenvalue weighted by molar-refractivity contribution is -0.134. The van der Waals surface area contributed by atoms with E-state index in [9.17, 15) is 9.59 Å². The summed E-state index contributed by atoms with van der Waals surface area (Å²) in [5.41, 5.74) is 10.8. The molecule has 0 radical (unpaired) electrons. The fourth-order valence-corrected chi connectivity index (χ4v) is 8.41. The van der Waals surface area contributed by atoms with Gasteiger partial charge in [-0.1, -0.05) is 32.8 Å². The number of amides is 2. The molecular weight excluding hydrogens is 989 g/mol. The van der Waals surface area contributed by atoms with Gasteiger partial charge in [-0.3, -0.25) is 19.0 Å². The number of alkyl carbamates (subject to hydrolysis) is 1. The predicted molar refractivity (Wildman–Crippen MR) is 283 cm³/mol. The minimum absolute atomic E-state index is 0. The molecule has 0 saturated heterocycles. The summed E-state index contributed by atoms with van der Waals surface area (Å²) in [5.74, 6) is 2.81. The number of carbonyl (C=O) groups excluding carboxylic acids is 3. The topological polar surface area (TPSA) is 275 Å². The van der Waals surface area contributed by atoms with Crippen molar-refractivity contribution in [3.05, 3.63) is 58.7 Å². The van der Waals surface area contributed by atoms with Gasteiger partial charge >= 0.3 is 6.09 Å². The van der Waals surface area contributed by atoms with Crippen LogP contribution >= 0.6 is 15.9 Å². The standard InChI is InChI=1S/C25H29N7O.C14H22BrN3O2.C5H10O.C3H9N.2C2H4O2.H3N/c1-4-22(33)31-10-11-32-21(15-31)24(27-25(32)16-6-5-7-16)17-8-9-20-19(12-17)23(28-30(20)3)18-13-26-29(2)14-18;1-14(2,3)20-13(19)16-7-8-18-9-11(15)17-12(18)10-5-4-6-10;1-6-5-3-2-4-5;1-2-3-4;1-2(3)4;3-1-2-4;/h8-9,12-14,16H,4-7,10-11,15H2,1-3H3;9-10H,4-8H2,1-3H3,(H,16,19);5H,2-4H2,1H3;2-4H2,1H3;1H3,(H,3,4);1,4H,2H2;1H3. The summed E-state index contributed by atoms with van der Waals surface area (Å²) in [5, 5.41) is 27.9. The fraction of sp³-hybridized carbons (Fsp3) is 0.608. The Morgan fingerprint density at radius 2 is 1.56 bits per heavy atom. The van der Waals surface area contributed by atoms with Crippen LogP contribution in [0.4, 0.5) is 4.79 Å². The Kier molecular flexibility index (Phi) is 25.3. The Balaban J connectivity index is 0.000000296. The molecule has 4 aromatic heterocycles. The van der Waals surface area contributed by atoms with E-state index in [0.717, 1.165) is 82.5 Å². The molecule has 0 atom stereocenters. The molecule has 0 unspecified atom stereocenters. The molecular formula is C51H81BrN12O8. The zero-order valence-corrected chi connectivity index (χ0v) is 45.6. The minimum atomic E-state index is -0.833. The molecule has 8 N–H and O–H groups in total. The lowest BCUT2D eigenvalue weighted by Crippen LogP contribution is -2.38. The smallest absolute Gasteiger partial charge is 0.407 e. The van der Waals surface area contributed by atoms with Crippen molar-refractivity contribution in [2.45, 2.75) is 155 Å². The number of aliphatic hydroxyl groups excluding tert-OH is 1. The number of halogens is 1. The van der Waals surface area contributed by atoms with Crippen molar-refractivity contribution < 1.29 is 38.9 Å². The van der Waals surface area contributed by atoms with Crippen molar-refractivity contribution in [1.29, 1.82) is 0 Å². The van der Waals surface area contributed by atoms with Crippen LogP contribution in [-0.2, 0) is 57.6 Å². The molecule has 4 aliphatic rings. The molecule has 9 rings (SSSR count). The van der Waals surface area contributed by atoms with Gasteiger partial charge in [0.05, 0.1) is 42.4 Å². The third kappa shape index (κ3) is 17.9. The lowest BCUT2D eigenvalue weighted by Gasteiger charge is -2.32. The second-order valence-electron chi connectivity index (χ2n) is 18.9. The first-order valence-electron chi connectivity index (χ1n) is 24.9. The number of hydrogen-bond acceptors (Lipinski definition) is 13. The van der Waals surface area contributed by atoms with Crippen LogP contribution in [0.15, 0.2) is 41.4 Å². The number of nitrogens with two attached hydrogens (primary N) is 1. The normalized spacial score (nSPS) is 14.9. The van der Waals surface area contributed by atoms with E-state index in [2.05, 4.69) is 65.6 Å². The zero-order valence-electron chi connectivity index (χ0n) is 44.0. The van der Waals surface area contributed by atoms with Crippen molar-refractivity contribution in [2.75, 3.05) is 33.4 Å². The summed E-state index contributed by atoms with van der Waals surface area (Å²) in [6, 6.07) is 6.48. The number of carboxylic acid groups (broad SMARTS) is 1. The largest absolute Gasteiger partial charge is 0.481 e. The van der Waals surface area contributed by atoms with Gasteiger partial charge in [0.2, 0.25) is 5.91 Å². The Labute approximate surface area is 433 Å². The molecule has 400 valence electrons. The number of aliphatic hydroxyl groups is 1. The number of rotatable bonds is 11. The van der Waals surface area contributed by atoms with Crippen LogP contribution in [-0.4, -0.2) is 123 Å². The van der Waals surface area contributed by atoms with Crippen LogP contribution in [0, 0.1) is 0 Å². The van der Waals surface area contributed by atoms with Crippen molar-refractivity contribution in [3.8, 4) is 22.5 Å². The summed E-state index contributed by atoms with van der Waals surface area (Å²) >= 11 is 3.42. The van der Waals surface area contributed by atoms with Gasteiger partial charge in [-0.15, -0.1) is 0 Å². The van der Waals surface area contributed by atoms with Gasteiger partial charge in [-0.05, 0) is 107 Å². The molecule has 5 heterocycles. The summed E-state index contributed by atoms with van der Waals surface area (Å²) in [7, 11) is 5.68. The highest BCUT2D eigenvalue weighted by Gasteiger charge is 2.32. The average molecular weight is 1070 g/mol. The second kappa shape index (κ2) is 29.9. The SMILES string of the molecule is CC(=O)O.CC(C)(C)OC(=O)NCCn1cc(Br)nc1C1CCC1.CCC(=O)N1CCn2c(C3CCC3)nc(-c3ccc4c(c3)c(-c3cnn(C)c3)nn4C)c2C1.CCCN.COC1CCC1.N.O=CCO. The van der Waals surface area contributed by atoms with E-state index in [4.69, 9.17) is 45.1 Å². The summed E-state index contributed by atoms with van der Waals surface area (Å²) in [4.78, 5) is 53.7. The number of nitrogens with one attached hydrogen (secondary N) is 1. The minimum Gasteiger partial charge on any atom is -0.481 e. The third-order valence-corrected chi connectivity index (χ3v) is 12.7. The zero-order chi connectivity index (χ0) is 52.3. The maximum Gasteiger partial charge on any atom is 0.407 e. The summed E-state index contributed by atoms with van der Waals surface area (Å²) in [6.45, 7) is 14.6. The molecule has 1 aliphatic heterocycles. The molecule has 1 aromatic carbocycles. The van der Waals surface area contributed by atoms with Gasteiger partial charge in [0.15, 0.2) is 0 Å². The second-order valence-corrected chi connectivity index (χ2v) is 19.8. The van der Waals surface area contributed by atoms with E-state index >= 15 is 0 Å². The highest BCUT2D eigenvalue weighted by molar-refractivity contribution is 9.10. The number of benzene rings is 1. The number of imidazole rings is 2. The Bertz CT molecular complexity index is 2450. The number of carbonyl (C=O) groups is 4. The van der Waals surface area contributed by atoms with Gasteiger partial charge in [0, 0.05) is 101 Å². The summed E-state index contributed by atoms with van der Waals surface area (Å²) in [6.07, 6.45) is 19.5. The number of aromatic nitrogens is 8. The van der Waals surface area contributed by atoms with E-state index in [0.29, 0.717) is 50.3 Å². The van der Waals surface area contributed by atoms with Gasteiger partial charge in [0.1, 0.15) is 33.8 Å². The lowest BCUT2D eigenvalue weighted by atomic mass is 9.85. The number of aryl methyl sites for hydroxylation is 2. The number of nitrogens with zero attached hydrogens (tertiary/aromatic N) is 9. The molecule has 0 bridgehead atoms. The van der Waals surface area contributed by atoms with E-state index in [1.807, 2.05) is 70.0 Å². The molecule has 2 amide bonds. The molecule has 72 heavy (non-hydrogen) atoms. The predicted octanol–water partition coefficient (Wildman–Crippen LogP) is 8.27. The van der Waals surface area contributed by atoms with Crippen molar-refractivity contribution >= 4 is 51.1 Å². The molecule has 3 aliphatic carbocycles. The Morgan fingerprint density at radius 3 is 2.03 bits per heavy atom. The quantitative estimate of drug-likeness (QED) is 0.0779. The van der Waals surface area contributed by atoms with Gasteiger partial charge in [-0.25, -0.2) is 14.8 Å². The van der Waals surface area contributed by atoms with Gasteiger partial charge < -0.3 is 55.7 Å². The molecule has 0 spiro atoms. The van der Waals surface area contributed by atoms with Crippen molar-refractivity contribution in [3.63, 3.8) is 0 Å². The first-order valence-corrected chi connectivity index (χ1v) is 25.7. The fourth-order valence-electron chi connectivity index (χ4n) is 7.98. The first-order chi connectivity index (χ1) is 33.9. The Morgan fingerprint density at radius 1 is 0.944 bits per heavy atom. The van der Waals surface area contributed by atoms with E-state index in [1.165, 1.54) is 63.6 Å². The summed E-state index contributed by atoms with van der Waals surface area (Å²) < 4.78 is 19.3. The number of ether oxygens (including phenoxy) is 2. The van der Waals surface area contributed by atoms with E-state index in [-0.39, 0.29) is 24.8 Å². The van der Waals surface area contributed by atoms with Crippen LogP contribution < -0.4 is 17.2 Å². The first kappa shape index (κ1) is 60.8.